The molecule has 0 aliphatic carbocycles. The van der Waals surface area contributed by atoms with Crippen molar-refractivity contribution in [3.63, 3.8) is 0 Å². The van der Waals surface area contributed by atoms with Crippen LogP contribution in [0.5, 0.6) is 5.75 Å². The van der Waals surface area contributed by atoms with E-state index in [2.05, 4.69) is 20.1 Å². The Kier molecular flexibility index (Phi) is 6.22. The number of nitrogens with one attached hydrogen (secondary N) is 1. The number of hydrogen-bond donors (Lipinski definition) is 2. The molecule has 31 heavy (non-hydrogen) atoms. The van der Waals surface area contributed by atoms with E-state index < -0.39 is 10.0 Å². The van der Waals surface area contributed by atoms with Crippen molar-refractivity contribution in [3.05, 3.63) is 54.1 Å². The van der Waals surface area contributed by atoms with Crippen LogP contribution in [0.4, 0.5) is 11.4 Å². The number of phenols is 1. The number of aromatic hydroxyl groups is 1. The molecule has 0 bridgehead atoms. The Labute approximate surface area is 183 Å². The first-order valence-corrected chi connectivity index (χ1v) is 12.2. The second-order valence-corrected chi connectivity index (χ2v) is 9.72. The zero-order valence-corrected chi connectivity index (χ0v) is 18.6. The van der Waals surface area contributed by atoms with Gasteiger partial charge in [0.1, 0.15) is 5.75 Å². The number of para-hydroxylation sites is 3. The lowest BCUT2D eigenvalue weighted by atomic mass is 10.2. The van der Waals surface area contributed by atoms with Gasteiger partial charge in [0.05, 0.1) is 17.1 Å². The number of phenolic OH excluding ortho intramolecular Hbond substituents is 1. The predicted molar refractivity (Wildman–Crippen MR) is 125 cm³/mol. The van der Waals surface area contributed by atoms with Gasteiger partial charge in [0, 0.05) is 46.3 Å². The van der Waals surface area contributed by atoms with E-state index >= 15 is 0 Å². The minimum absolute atomic E-state index is 0.0121. The van der Waals surface area contributed by atoms with Gasteiger partial charge in [-0.1, -0.05) is 30.3 Å². The second kappa shape index (κ2) is 9.05. The molecule has 2 aromatic rings. The van der Waals surface area contributed by atoms with Crippen LogP contribution in [0, 0.1) is 0 Å². The highest BCUT2D eigenvalue weighted by Gasteiger charge is 2.29. The van der Waals surface area contributed by atoms with E-state index in [1.165, 1.54) is 4.31 Å². The van der Waals surface area contributed by atoms with Gasteiger partial charge in [-0.3, -0.25) is 9.30 Å². The van der Waals surface area contributed by atoms with Gasteiger partial charge in [0.25, 0.3) is 0 Å². The lowest BCUT2D eigenvalue weighted by molar-refractivity contribution is 0.371. The van der Waals surface area contributed by atoms with E-state index in [1.54, 1.807) is 13.1 Å². The van der Waals surface area contributed by atoms with Gasteiger partial charge in [-0.05, 0) is 30.2 Å². The van der Waals surface area contributed by atoms with Gasteiger partial charge >= 0.3 is 0 Å². The SMILES string of the molecule is CN=C(NCCS(=O)(=O)N1CCc2ccccc21)N1CCN(c2ccccc2O)CC1. The number of sulfonamides is 1. The van der Waals surface area contributed by atoms with Crippen molar-refractivity contribution in [1.82, 2.24) is 10.2 Å². The molecule has 0 unspecified atom stereocenters. The van der Waals surface area contributed by atoms with Crippen LogP contribution in [-0.2, 0) is 16.4 Å². The molecule has 8 nitrogen and oxygen atoms in total. The van der Waals surface area contributed by atoms with Crippen LogP contribution in [0.3, 0.4) is 0 Å². The molecule has 166 valence electrons. The summed E-state index contributed by atoms with van der Waals surface area (Å²) in [6.07, 6.45) is 0.756. The summed E-state index contributed by atoms with van der Waals surface area (Å²) in [6, 6.07) is 15.0. The molecule has 2 heterocycles. The van der Waals surface area contributed by atoms with E-state index in [9.17, 15) is 13.5 Å². The third-order valence-corrected chi connectivity index (χ3v) is 7.61. The molecular weight excluding hydrogens is 414 g/mol. The lowest BCUT2D eigenvalue weighted by Crippen LogP contribution is -2.53. The minimum atomic E-state index is -3.40. The Morgan fingerprint density at radius 1 is 1.00 bits per heavy atom. The topological polar surface area (TPSA) is 88.5 Å². The highest BCUT2D eigenvalue weighted by molar-refractivity contribution is 7.92. The lowest BCUT2D eigenvalue weighted by Gasteiger charge is -2.37. The number of fused-ring (bicyclic) bond motifs is 1. The summed E-state index contributed by atoms with van der Waals surface area (Å²) in [7, 11) is -1.69. The molecule has 2 aliphatic heterocycles. The molecule has 1 saturated heterocycles. The fourth-order valence-corrected chi connectivity index (χ4v) is 5.65. The summed E-state index contributed by atoms with van der Waals surface area (Å²) in [5.74, 6) is 0.999. The van der Waals surface area contributed by atoms with Gasteiger partial charge in [0.2, 0.25) is 10.0 Å². The summed E-state index contributed by atoms with van der Waals surface area (Å²) in [5, 5.41) is 13.3. The molecule has 0 radical (unpaired) electrons. The smallest absolute Gasteiger partial charge is 0.236 e. The number of hydrogen-bond acceptors (Lipinski definition) is 5. The molecule has 0 saturated carbocycles. The summed E-state index contributed by atoms with van der Waals surface area (Å²) in [5.41, 5.74) is 2.71. The maximum Gasteiger partial charge on any atom is 0.236 e. The third kappa shape index (κ3) is 4.56. The maximum atomic E-state index is 12.9. The highest BCUT2D eigenvalue weighted by atomic mass is 32.2. The van der Waals surface area contributed by atoms with Crippen LogP contribution >= 0.6 is 0 Å². The van der Waals surface area contributed by atoms with E-state index in [0.29, 0.717) is 19.0 Å². The Balaban J connectivity index is 1.30. The van der Waals surface area contributed by atoms with Crippen LogP contribution in [-0.4, -0.2) is 76.5 Å². The molecule has 1 fully saturated rings. The highest BCUT2D eigenvalue weighted by Crippen LogP contribution is 2.30. The van der Waals surface area contributed by atoms with Crippen LogP contribution in [0.2, 0.25) is 0 Å². The fourth-order valence-electron chi connectivity index (χ4n) is 4.22. The molecular formula is C22H29N5O3S. The zero-order chi connectivity index (χ0) is 21.8. The third-order valence-electron chi connectivity index (χ3n) is 5.84. The Morgan fingerprint density at radius 2 is 1.68 bits per heavy atom. The first-order valence-electron chi connectivity index (χ1n) is 10.6. The molecule has 2 N–H and O–H groups in total. The van der Waals surface area contributed by atoms with Gasteiger partial charge in [-0.2, -0.15) is 0 Å². The summed E-state index contributed by atoms with van der Waals surface area (Å²) in [4.78, 5) is 8.60. The van der Waals surface area contributed by atoms with Crippen molar-refractivity contribution in [3.8, 4) is 5.75 Å². The van der Waals surface area contributed by atoms with Crippen LogP contribution < -0.4 is 14.5 Å². The van der Waals surface area contributed by atoms with Crippen molar-refractivity contribution >= 4 is 27.4 Å². The van der Waals surface area contributed by atoms with Crippen molar-refractivity contribution in [2.75, 3.05) is 61.3 Å². The molecule has 0 atom stereocenters. The Bertz CT molecular complexity index is 1050. The van der Waals surface area contributed by atoms with Crippen LogP contribution in [0.25, 0.3) is 0 Å². The van der Waals surface area contributed by atoms with Crippen molar-refractivity contribution in [2.24, 2.45) is 4.99 Å². The number of rotatable bonds is 5. The second-order valence-electron chi connectivity index (χ2n) is 7.70. The van der Waals surface area contributed by atoms with Gasteiger partial charge in [-0.25, -0.2) is 8.42 Å². The number of anilines is 2. The standard InChI is InChI=1S/C22H29N5O3S/c1-23-22(26-15-13-25(14-16-26)20-8-4-5-9-21(20)28)24-11-17-31(29,30)27-12-10-18-6-2-3-7-19(18)27/h2-9,28H,10-17H2,1H3,(H,23,24). The average Bonchev–Trinajstić information content (AvgIpc) is 3.23. The largest absolute Gasteiger partial charge is 0.506 e. The minimum Gasteiger partial charge on any atom is -0.506 e. The van der Waals surface area contributed by atoms with E-state index in [4.69, 9.17) is 0 Å². The van der Waals surface area contributed by atoms with E-state index in [1.807, 2.05) is 42.5 Å². The van der Waals surface area contributed by atoms with Crippen LogP contribution in [0.1, 0.15) is 5.56 Å². The maximum absolute atomic E-state index is 12.9. The van der Waals surface area contributed by atoms with Crippen molar-refractivity contribution in [2.45, 2.75) is 6.42 Å². The molecule has 4 rings (SSSR count). The monoisotopic (exact) mass is 443 g/mol. The predicted octanol–water partition coefficient (Wildman–Crippen LogP) is 1.48. The van der Waals surface area contributed by atoms with E-state index in [-0.39, 0.29) is 11.5 Å². The fraction of sp³-hybridized carbons (Fsp3) is 0.409. The van der Waals surface area contributed by atoms with Gasteiger partial charge < -0.3 is 20.2 Å². The van der Waals surface area contributed by atoms with Gasteiger partial charge in [-0.15, -0.1) is 0 Å². The van der Waals surface area contributed by atoms with E-state index in [0.717, 1.165) is 49.5 Å². The van der Waals surface area contributed by atoms with Crippen molar-refractivity contribution in [1.29, 1.82) is 0 Å². The first-order chi connectivity index (χ1) is 15.0. The number of nitrogens with zero attached hydrogens (tertiary/aromatic N) is 4. The Hall–Kier alpha value is -2.94. The summed E-state index contributed by atoms with van der Waals surface area (Å²) >= 11 is 0. The number of guanidine groups is 1. The first kappa shape index (κ1) is 21.3. The normalized spacial score (nSPS) is 17.1. The van der Waals surface area contributed by atoms with Crippen LogP contribution in [0.15, 0.2) is 53.5 Å². The molecule has 2 aromatic carbocycles. The average molecular weight is 444 g/mol. The molecule has 0 aromatic heterocycles. The summed E-state index contributed by atoms with van der Waals surface area (Å²) in [6.45, 7) is 3.78. The molecule has 0 amide bonds. The molecule has 9 heteroatoms. The molecule has 2 aliphatic rings. The number of piperazine rings is 1. The number of aliphatic imine (C=N–C) groups is 1. The summed E-state index contributed by atoms with van der Waals surface area (Å²) < 4.78 is 27.3. The molecule has 0 spiro atoms. The zero-order valence-electron chi connectivity index (χ0n) is 17.7. The number of benzene rings is 2. The van der Waals surface area contributed by atoms with Crippen molar-refractivity contribution < 1.29 is 13.5 Å². The van der Waals surface area contributed by atoms with Gasteiger partial charge in [0.15, 0.2) is 5.96 Å². The Morgan fingerprint density at radius 3 is 2.39 bits per heavy atom. The quantitative estimate of drug-likeness (QED) is 0.538.